The molecule has 4 heteroatoms. The number of nitrogens with one attached hydrogen (secondary N) is 1. The predicted octanol–water partition coefficient (Wildman–Crippen LogP) is 4.22. The Balaban J connectivity index is 1.96. The number of benzene rings is 2. The summed E-state index contributed by atoms with van der Waals surface area (Å²) < 4.78 is 26.4. The van der Waals surface area contributed by atoms with Crippen LogP contribution in [0, 0.1) is 18.6 Å². The van der Waals surface area contributed by atoms with Crippen molar-refractivity contribution in [3.05, 3.63) is 69.7 Å². The Labute approximate surface area is 116 Å². The first kappa shape index (κ1) is 14.0. The molecule has 0 unspecified atom stereocenters. The molecular weight excluding hydrogens is 268 g/mol. The van der Waals surface area contributed by atoms with E-state index in [1.54, 1.807) is 0 Å². The fourth-order valence-corrected chi connectivity index (χ4v) is 1.97. The third kappa shape index (κ3) is 3.75. The third-order valence-corrected chi connectivity index (χ3v) is 3.30. The van der Waals surface area contributed by atoms with E-state index < -0.39 is 11.6 Å². The van der Waals surface area contributed by atoms with Crippen molar-refractivity contribution in [2.75, 3.05) is 0 Å². The van der Waals surface area contributed by atoms with Crippen molar-refractivity contribution in [3.8, 4) is 0 Å². The van der Waals surface area contributed by atoms with Crippen LogP contribution in [0.5, 0.6) is 0 Å². The van der Waals surface area contributed by atoms with Crippen molar-refractivity contribution in [2.45, 2.75) is 20.0 Å². The van der Waals surface area contributed by atoms with Gasteiger partial charge >= 0.3 is 0 Å². The molecule has 0 saturated heterocycles. The van der Waals surface area contributed by atoms with Gasteiger partial charge in [0.2, 0.25) is 0 Å². The summed E-state index contributed by atoms with van der Waals surface area (Å²) in [4.78, 5) is 0. The van der Waals surface area contributed by atoms with E-state index in [0.717, 1.165) is 23.3 Å². The van der Waals surface area contributed by atoms with Crippen LogP contribution in [-0.4, -0.2) is 0 Å². The molecule has 0 saturated carbocycles. The Morgan fingerprint density at radius 3 is 2.58 bits per heavy atom. The molecule has 0 heterocycles. The van der Waals surface area contributed by atoms with E-state index in [1.807, 2.05) is 25.1 Å². The molecule has 1 N–H and O–H groups in total. The van der Waals surface area contributed by atoms with Gasteiger partial charge < -0.3 is 5.32 Å². The van der Waals surface area contributed by atoms with Gasteiger partial charge in [-0.05, 0) is 42.3 Å². The second-order valence-electron chi connectivity index (χ2n) is 4.42. The van der Waals surface area contributed by atoms with E-state index in [0.29, 0.717) is 17.1 Å². The molecule has 2 aromatic carbocycles. The summed E-state index contributed by atoms with van der Waals surface area (Å²) in [5.41, 5.74) is 2.34. The van der Waals surface area contributed by atoms with Crippen LogP contribution in [0.25, 0.3) is 0 Å². The van der Waals surface area contributed by atoms with Crippen molar-refractivity contribution >= 4 is 11.6 Å². The lowest BCUT2D eigenvalue weighted by Gasteiger charge is -2.07. The standard InChI is InChI=1S/C15H14ClF2N/c1-10-2-3-11(6-14(10)16)8-19-9-12-7-13(17)4-5-15(12)18/h2-7,19H,8-9H2,1H3. The maximum Gasteiger partial charge on any atom is 0.127 e. The van der Waals surface area contributed by atoms with Crippen LogP contribution in [0.3, 0.4) is 0 Å². The van der Waals surface area contributed by atoms with Crippen LogP contribution >= 0.6 is 11.6 Å². The zero-order valence-electron chi connectivity index (χ0n) is 10.5. The SMILES string of the molecule is Cc1ccc(CNCc2cc(F)ccc2F)cc1Cl. The molecule has 0 bridgehead atoms. The van der Waals surface area contributed by atoms with Crippen molar-refractivity contribution < 1.29 is 8.78 Å². The predicted molar refractivity (Wildman–Crippen MR) is 73.1 cm³/mol. The Hall–Kier alpha value is -1.45. The molecule has 0 aromatic heterocycles. The quantitative estimate of drug-likeness (QED) is 0.885. The summed E-state index contributed by atoms with van der Waals surface area (Å²) in [6.07, 6.45) is 0. The molecule has 0 atom stereocenters. The molecule has 1 nitrogen and oxygen atoms in total. The minimum atomic E-state index is -0.434. The summed E-state index contributed by atoms with van der Waals surface area (Å²) >= 11 is 6.02. The van der Waals surface area contributed by atoms with Crippen LogP contribution in [0.1, 0.15) is 16.7 Å². The van der Waals surface area contributed by atoms with Crippen molar-refractivity contribution in [1.82, 2.24) is 5.32 Å². The minimum absolute atomic E-state index is 0.273. The smallest absolute Gasteiger partial charge is 0.127 e. The van der Waals surface area contributed by atoms with Crippen LogP contribution in [-0.2, 0) is 13.1 Å². The highest BCUT2D eigenvalue weighted by atomic mass is 35.5. The number of aryl methyl sites for hydroxylation is 1. The van der Waals surface area contributed by atoms with Gasteiger partial charge in [0.15, 0.2) is 0 Å². The molecule has 0 aliphatic rings. The molecule has 0 aliphatic carbocycles. The van der Waals surface area contributed by atoms with Crippen LogP contribution in [0.4, 0.5) is 8.78 Å². The lowest BCUT2D eigenvalue weighted by Crippen LogP contribution is -2.14. The fraction of sp³-hybridized carbons (Fsp3) is 0.200. The summed E-state index contributed by atoms with van der Waals surface area (Å²) in [5.74, 6) is -0.840. The van der Waals surface area contributed by atoms with Crippen molar-refractivity contribution in [2.24, 2.45) is 0 Å². The molecular formula is C15H14ClF2N. The van der Waals surface area contributed by atoms with Crippen LogP contribution < -0.4 is 5.32 Å². The first-order valence-corrected chi connectivity index (χ1v) is 6.34. The molecule has 0 aliphatic heterocycles. The Morgan fingerprint density at radius 2 is 1.84 bits per heavy atom. The number of hydrogen-bond acceptors (Lipinski definition) is 1. The van der Waals surface area contributed by atoms with Gasteiger partial charge in [-0.15, -0.1) is 0 Å². The van der Waals surface area contributed by atoms with Crippen LogP contribution in [0.15, 0.2) is 36.4 Å². The number of halogens is 3. The summed E-state index contributed by atoms with van der Waals surface area (Å²) in [6, 6.07) is 9.20. The highest BCUT2D eigenvalue weighted by Crippen LogP contribution is 2.16. The van der Waals surface area contributed by atoms with E-state index in [1.165, 1.54) is 6.07 Å². The zero-order chi connectivity index (χ0) is 13.8. The topological polar surface area (TPSA) is 12.0 Å². The fourth-order valence-electron chi connectivity index (χ4n) is 1.77. The summed E-state index contributed by atoms with van der Waals surface area (Å²) in [6.45, 7) is 2.76. The lowest BCUT2D eigenvalue weighted by atomic mass is 10.1. The molecule has 100 valence electrons. The van der Waals surface area contributed by atoms with Crippen molar-refractivity contribution in [3.63, 3.8) is 0 Å². The first-order chi connectivity index (χ1) is 9.06. The average molecular weight is 282 g/mol. The molecule has 2 rings (SSSR count). The zero-order valence-corrected chi connectivity index (χ0v) is 11.3. The lowest BCUT2D eigenvalue weighted by molar-refractivity contribution is 0.568. The van der Waals surface area contributed by atoms with Crippen molar-refractivity contribution in [1.29, 1.82) is 0 Å². The van der Waals surface area contributed by atoms with Gasteiger partial charge in [0.1, 0.15) is 11.6 Å². The van der Waals surface area contributed by atoms with E-state index in [-0.39, 0.29) is 6.54 Å². The number of rotatable bonds is 4. The summed E-state index contributed by atoms with van der Waals surface area (Å²) in [7, 11) is 0. The highest BCUT2D eigenvalue weighted by Gasteiger charge is 2.04. The van der Waals surface area contributed by atoms with Gasteiger partial charge in [0.05, 0.1) is 0 Å². The maximum absolute atomic E-state index is 13.4. The third-order valence-electron chi connectivity index (χ3n) is 2.89. The average Bonchev–Trinajstić information content (AvgIpc) is 2.38. The van der Waals surface area contributed by atoms with Gasteiger partial charge in [-0.3, -0.25) is 0 Å². The molecule has 0 spiro atoms. The normalized spacial score (nSPS) is 10.7. The molecule has 19 heavy (non-hydrogen) atoms. The second-order valence-corrected chi connectivity index (χ2v) is 4.83. The minimum Gasteiger partial charge on any atom is -0.309 e. The largest absolute Gasteiger partial charge is 0.309 e. The molecule has 0 fully saturated rings. The van der Waals surface area contributed by atoms with Gasteiger partial charge in [0, 0.05) is 23.7 Å². The van der Waals surface area contributed by atoms with E-state index in [9.17, 15) is 8.78 Å². The van der Waals surface area contributed by atoms with Gasteiger partial charge in [-0.1, -0.05) is 23.7 Å². The van der Waals surface area contributed by atoms with E-state index in [4.69, 9.17) is 11.6 Å². The second kappa shape index (κ2) is 6.13. The monoisotopic (exact) mass is 281 g/mol. The van der Waals surface area contributed by atoms with E-state index in [2.05, 4.69) is 5.32 Å². The molecule has 2 aromatic rings. The molecule has 0 radical (unpaired) electrons. The number of hydrogen-bond donors (Lipinski definition) is 1. The molecule has 0 amide bonds. The highest BCUT2D eigenvalue weighted by molar-refractivity contribution is 6.31. The van der Waals surface area contributed by atoms with Gasteiger partial charge in [-0.25, -0.2) is 8.78 Å². The first-order valence-electron chi connectivity index (χ1n) is 5.96. The van der Waals surface area contributed by atoms with Crippen LogP contribution in [0.2, 0.25) is 5.02 Å². The van der Waals surface area contributed by atoms with Gasteiger partial charge in [0.25, 0.3) is 0 Å². The Bertz CT molecular complexity index is 584. The maximum atomic E-state index is 13.4. The Kier molecular flexibility index (Phi) is 4.51. The summed E-state index contributed by atoms with van der Waals surface area (Å²) in [5, 5.41) is 3.77. The van der Waals surface area contributed by atoms with E-state index >= 15 is 0 Å². The van der Waals surface area contributed by atoms with Gasteiger partial charge in [-0.2, -0.15) is 0 Å². The Morgan fingerprint density at radius 1 is 1.05 bits per heavy atom.